The van der Waals surface area contributed by atoms with Crippen molar-refractivity contribution in [2.45, 2.75) is 12.8 Å². The second kappa shape index (κ2) is 5.48. The standard InChI is InChI=1S/C14H15NO4/c16-11-7-6-10(12(17)13(11)18)14(19)15-8-9-4-2-1-3-5-9/h1-2,4,6-7,16-18H,3,5,8H2,(H,15,19). The Morgan fingerprint density at radius 3 is 2.68 bits per heavy atom. The molecule has 0 saturated carbocycles. The molecule has 0 saturated heterocycles. The molecule has 1 aliphatic rings. The Morgan fingerprint density at radius 2 is 2.00 bits per heavy atom. The van der Waals surface area contributed by atoms with Crippen molar-refractivity contribution < 1.29 is 20.1 Å². The lowest BCUT2D eigenvalue weighted by Crippen LogP contribution is -2.25. The van der Waals surface area contributed by atoms with E-state index in [-0.39, 0.29) is 5.56 Å². The van der Waals surface area contributed by atoms with Gasteiger partial charge in [-0.1, -0.05) is 23.8 Å². The summed E-state index contributed by atoms with van der Waals surface area (Å²) in [4.78, 5) is 11.9. The van der Waals surface area contributed by atoms with Gasteiger partial charge in [0.25, 0.3) is 5.91 Å². The fourth-order valence-corrected chi connectivity index (χ4v) is 1.84. The monoisotopic (exact) mass is 261 g/mol. The second-order valence-corrected chi connectivity index (χ2v) is 4.30. The van der Waals surface area contributed by atoms with Crippen molar-refractivity contribution in [2.75, 3.05) is 6.54 Å². The molecule has 5 nitrogen and oxygen atoms in total. The number of nitrogens with one attached hydrogen (secondary N) is 1. The molecule has 1 aromatic carbocycles. The summed E-state index contributed by atoms with van der Waals surface area (Å²) in [6.45, 7) is 0.393. The van der Waals surface area contributed by atoms with Crippen LogP contribution in [0.5, 0.6) is 17.2 Å². The first-order valence-corrected chi connectivity index (χ1v) is 5.96. The molecule has 1 aromatic rings. The Bertz CT molecular complexity index is 561. The number of carbonyl (C=O) groups is 1. The quantitative estimate of drug-likeness (QED) is 0.625. The summed E-state index contributed by atoms with van der Waals surface area (Å²) in [7, 11) is 0. The highest BCUT2D eigenvalue weighted by Gasteiger charge is 2.17. The molecule has 4 N–H and O–H groups in total. The van der Waals surface area contributed by atoms with E-state index < -0.39 is 23.2 Å². The fraction of sp³-hybridized carbons (Fsp3) is 0.214. The van der Waals surface area contributed by atoms with Gasteiger partial charge in [-0.05, 0) is 25.0 Å². The first kappa shape index (κ1) is 13.0. The number of hydrogen-bond donors (Lipinski definition) is 4. The van der Waals surface area contributed by atoms with Gasteiger partial charge in [0.1, 0.15) is 0 Å². The molecule has 0 atom stereocenters. The number of allylic oxidation sites excluding steroid dienone is 3. The lowest BCUT2D eigenvalue weighted by molar-refractivity contribution is 0.0953. The van der Waals surface area contributed by atoms with Crippen LogP contribution in [0.15, 0.2) is 35.9 Å². The van der Waals surface area contributed by atoms with Crippen molar-refractivity contribution in [3.63, 3.8) is 0 Å². The van der Waals surface area contributed by atoms with Crippen LogP contribution in [0.1, 0.15) is 23.2 Å². The Hall–Kier alpha value is -2.43. The Balaban J connectivity index is 2.06. The summed E-state index contributed by atoms with van der Waals surface area (Å²) >= 11 is 0. The minimum atomic E-state index is -0.688. The summed E-state index contributed by atoms with van der Waals surface area (Å²) in [6.07, 6.45) is 7.78. The molecule has 1 aliphatic carbocycles. The number of rotatable bonds is 3. The Kier molecular flexibility index (Phi) is 3.75. The molecule has 0 aromatic heterocycles. The van der Waals surface area contributed by atoms with Crippen LogP contribution in [0.3, 0.4) is 0 Å². The molecule has 0 aliphatic heterocycles. The molecule has 0 heterocycles. The molecular weight excluding hydrogens is 246 g/mol. The third kappa shape index (κ3) is 2.88. The van der Waals surface area contributed by atoms with Gasteiger partial charge in [0, 0.05) is 6.54 Å². The largest absolute Gasteiger partial charge is 0.504 e. The van der Waals surface area contributed by atoms with Crippen molar-refractivity contribution in [1.82, 2.24) is 5.32 Å². The van der Waals surface area contributed by atoms with E-state index in [1.54, 1.807) is 0 Å². The van der Waals surface area contributed by atoms with E-state index in [4.69, 9.17) is 0 Å². The average Bonchev–Trinajstić information content (AvgIpc) is 2.43. The molecule has 100 valence electrons. The predicted octanol–water partition coefficient (Wildman–Crippen LogP) is 1.81. The van der Waals surface area contributed by atoms with Crippen LogP contribution in [0.4, 0.5) is 0 Å². The van der Waals surface area contributed by atoms with Gasteiger partial charge >= 0.3 is 0 Å². The first-order valence-electron chi connectivity index (χ1n) is 5.96. The van der Waals surface area contributed by atoms with E-state index >= 15 is 0 Å². The molecule has 19 heavy (non-hydrogen) atoms. The smallest absolute Gasteiger partial charge is 0.255 e. The molecule has 0 unspecified atom stereocenters. The van der Waals surface area contributed by atoms with Gasteiger partial charge in [-0.15, -0.1) is 0 Å². The number of hydrogen-bond acceptors (Lipinski definition) is 4. The van der Waals surface area contributed by atoms with Crippen LogP contribution in [0.25, 0.3) is 0 Å². The van der Waals surface area contributed by atoms with Gasteiger partial charge in [-0.25, -0.2) is 0 Å². The molecule has 2 rings (SSSR count). The number of carbonyl (C=O) groups excluding carboxylic acids is 1. The summed E-state index contributed by atoms with van der Waals surface area (Å²) in [6, 6.07) is 2.42. The Labute approximate surface area is 110 Å². The van der Waals surface area contributed by atoms with Gasteiger partial charge in [0.05, 0.1) is 5.56 Å². The molecule has 1 amide bonds. The zero-order chi connectivity index (χ0) is 13.8. The summed E-state index contributed by atoms with van der Waals surface area (Å²) in [5.74, 6) is -2.26. The first-order chi connectivity index (χ1) is 9.09. The van der Waals surface area contributed by atoms with E-state index in [9.17, 15) is 20.1 Å². The van der Waals surface area contributed by atoms with Crippen molar-refractivity contribution in [3.8, 4) is 17.2 Å². The lowest BCUT2D eigenvalue weighted by Gasteiger charge is -2.11. The van der Waals surface area contributed by atoms with Crippen molar-refractivity contribution in [3.05, 3.63) is 41.5 Å². The minimum Gasteiger partial charge on any atom is -0.504 e. The highest BCUT2D eigenvalue weighted by Crippen LogP contribution is 2.36. The molecule has 5 heteroatoms. The normalized spacial score (nSPS) is 14.0. The van der Waals surface area contributed by atoms with E-state index in [0.717, 1.165) is 24.5 Å². The van der Waals surface area contributed by atoms with Crippen molar-refractivity contribution in [2.24, 2.45) is 0 Å². The van der Waals surface area contributed by atoms with Gasteiger partial charge in [0.15, 0.2) is 11.5 Å². The van der Waals surface area contributed by atoms with E-state index in [0.29, 0.717) is 6.54 Å². The second-order valence-electron chi connectivity index (χ2n) is 4.30. The van der Waals surface area contributed by atoms with Crippen LogP contribution < -0.4 is 5.32 Å². The van der Waals surface area contributed by atoms with Crippen molar-refractivity contribution in [1.29, 1.82) is 0 Å². The maximum absolute atomic E-state index is 11.9. The van der Waals surface area contributed by atoms with Crippen LogP contribution in [0.2, 0.25) is 0 Å². The topological polar surface area (TPSA) is 89.8 Å². The summed E-state index contributed by atoms with van der Waals surface area (Å²) in [5.41, 5.74) is 1.03. The molecule has 0 fully saturated rings. The van der Waals surface area contributed by atoms with Crippen LogP contribution in [-0.2, 0) is 0 Å². The number of benzene rings is 1. The third-order valence-corrected chi connectivity index (χ3v) is 2.95. The summed E-state index contributed by atoms with van der Waals surface area (Å²) < 4.78 is 0. The van der Waals surface area contributed by atoms with Gasteiger partial charge in [-0.2, -0.15) is 0 Å². The zero-order valence-corrected chi connectivity index (χ0v) is 10.3. The number of aromatic hydroxyl groups is 3. The number of phenolic OH excluding ortho intramolecular Hbond substituents is 3. The Morgan fingerprint density at radius 1 is 1.21 bits per heavy atom. The third-order valence-electron chi connectivity index (χ3n) is 2.95. The van der Waals surface area contributed by atoms with Crippen LogP contribution in [0, 0.1) is 0 Å². The van der Waals surface area contributed by atoms with E-state index in [1.807, 2.05) is 12.2 Å². The van der Waals surface area contributed by atoms with E-state index in [2.05, 4.69) is 11.4 Å². The fourth-order valence-electron chi connectivity index (χ4n) is 1.84. The maximum Gasteiger partial charge on any atom is 0.255 e. The number of phenols is 3. The molecule has 0 radical (unpaired) electrons. The van der Waals surface area contributed by atoms with Gasteiger partial charge in [-0.3, -0.25) is 4.79 Å². The minimum absolute atomic E-state index is 0.0674. The van der Waals surface area contributed by atoms with Gasteiger partial charge in [0.2, 0.25) is 5.75 Å². The van der Waals surface area contributed by atoms with Crippen LogP contribution >= 0.6 is 0 Å². The predicted molar refractivity (Wildman–Crippen MR) is 70.2 cm³/mol. The molecular formula is C14H15NO4. The zero-order valence-electron chi connectivity index (χ0n) is 10.3. The van der Waals surface area contributed by atoms with Gasteiger partial charge < -0.3 is 20.6 Å². The van der Waals surface area contributed by atoms with Crippen molar-refractivity contribution >= 4 is 5.91 Å². The summed E-state index contributed by atoms with van der Waals surface area (Å²) in [5, 5.41) is 30.8. The highest BCUT2D eigenvalue weighted by atomic mass is 16.3. The average molecular weight is 261 g/mol. The molecule has 0 bridgehead atoms. The highest BCUT2D eigenvalue weighted by molar-refractivity contribution is 5.98. The number of amides is 1. The lowest BCUT2D eigenvalue weighted by atomic mass is 10.1. The van der Waals surface area contributed by atoms with Crippen LogP contribution in [-0.4, -0.2) is 27.8 Å². The maximum atomic E-state index is 11.9. The SMILES string of the molecule is O=C(NCC1=CC=CCC1)c1ccc(O)c(O)c1O. The molecule has 0 spiro atoms. The van der Waals surface area contributed by atoms with E-state index in [1.165, 1.54) is 6.07 Å².